The van der Waals surface area contributed by atoms with Crippen molar-refractivity contribution < 1.29 is 19.8 Å². The minimum absolute atomic E-state index is 0.196. The average Bonchev–Trinajstić information content (AvgIpc) is 2.98. The quantitative estimate of drug-likeness (QED) is 0.183. The lowest BCUT2D eigenvalue weighted by atomic mass is 9.78. The van der Waals surface area contributed by atoms with Gasteiger partial charge in [0.1, 0.15) is 11.5 Å². The van der Waals surface area contributed by atoms with Crippen LogP contribution in [0.3, 0.4) is 0 Å². The molecule has 264 valence electrons. The number of hydrogen-bond donors (Lipinski definition) is 2. The van der Waals surface area contributed by atoms with E-state index in [2.05, 4.69) is 132 Å². The highest BCUT2D eigenvalue weighted by atomic mass is 16.3. The Hall–Kier alpha value is -4.18. The lowest BCUT2D eigenvalue weighted by Gasteiger charge is -2.27. The van der Waals surface area contributed by atoms with Gasteiger partial charge in [-0.05, 0) is 88.4 Å². The van der Waals surface area contributed by atoms with E-state index in [9.17, 15) is 19.8 Å². The second-order valence-corrected chi connectivity index (χ2v) is 18.6. The van der Waals surface area contributed by atoms with Gasteiger partial charge in [0.25, 0.3) is 0 Å². The van der Waals surface area contributed by atoms with E-state index in [0.717, 1.165) is 79.3 Å². The first-order chi connectivity index (χ1) is 23.0. The molecule has 0 amide bonds. The van der Waals surface area contributed by atoms with Gasteiger partial charge in [-0.2, -0.15) is 0 Å². The molecule has 0 saturated heterocycles. The predicted molar refractivity (Wildman–Crippen MR) is 206 cm³/mol. The van der Waals surface area contributed by atoms with Crippen LogP contribution in [0, 0.1) is 0 Å². The highest BCUT2D eigenvalue weighted by Gasteiger charge is 2.27. The summed E-state index contributed by atoms with van der Waals surface area (Å²) in [5.41, 5.74) is 11.1. The van der Waals surface area contributed by atoms with Gasteiger partial charge in [-0.15, -0.1) is 0 Å². The zero-order valence-corrected chi connectivity index (χ0v) is 32.3. The number of carbonyl (C=O) groups excluding carboxylic acids is 2. The molecule has 0 saturated carbocycles. The molecule has 4 heteroatoms. The maximum atomic E-state index is 13.0. The van der Waals surface area contributed by atoms with E-state index in [0.29, 0.717) is 36.8 Å². The van der Waals surface area contributed by atoms with Crippen LogP contribution in [0.1, 0.15) is 171 Å². The molecular weight excluding hydrogens is 617 g/mol. The minimum atomic E-state index is -0.207. The van der Waals surface area contributed by atoms with E-state index in [1.165, 1.54) is 0 Å². The molecular formula is C46H56O4. The van der Waals surface area contributed by atoms with Crippen LogP contribution in [0.15, 0.2) is 48.5 Å². The molecule has 2 N–H and O–H groups in total. The van der Waals surface area contributed by atoms with Crippen molar-refractivity contribution >= 4 is 12.6 Å². The molecule has 0 fully saturated rings. The third-order valence-corrected chi connectivity index (χ3v) is 10.5. The van der Waals surface area contributed by atoms with Gasteiger partial charge in [-0.25, -0.2) is 0 Å². The van der Waals surface area contributed by atoms with Gasteiger partial charge in [0.15, 0.2) is 12.6 Å². The molecule has 4 aromatic carbocycles. The van der Waals surface area contributed by atoms with E-state index in [-0.39, 0.29) is 33.2 Å². The zero-order valence-electron chi connectivity index (χ0n) is 32.3. The summed E-state index contributed by atoms with van der Waals surface area (Å²) in [5, 5.41) is 24.1. The van der Waals surface area contributed by atoms with Crippen molar-refractivity contribution in [1.29, 1.82) is 0 Å². The van der Waals surface area contributed by atoms with Gasteiger partial charge in [0.05, 0.1) is 0 Å². The van der Waals surface area contributed by atoms with E-state index in [1.807, 2.05) is 0 Å². The second kappa shape index (κ2) is 12.9. The maximum absolute atomic E-state index is 13.0. The summed E-state index contributed by atoms with van der Waals surface area (Å²) in [6, 6.07) is 16.7. The fourth-order valence-electron chi connectivity index (χ4n) is 7.06. The molecule has 5 rings (SSSR count). The number of carbonyl (C=O) groups is 2. The summed E-state index contributed by atoms with van der Waals surface area (Å²) in [6.07, 6.45) is 3.32. The summed E-state index contributed by atoms with van der Waals surface area (Å²) < 4.78 is 0. The predicted octanol–water partition coefficient (Wildman–Crippen LogP) is 10.6. The smallest absolute Gasteiger partial charge is 0.150 e. The van der Waals surface area contributed by atoms with Crippen LogP contribution in [0.5, 0.6) is 11.5 Å². The SMILES string of the molecule is CC(C)(C)c1cc2c(O)c(c1)Cc1cc(C(C)(C)C)cc(c1C=O)Cc1cc(C(C)(C)C)cc(c1O)Cc1cc(C(C)(C)C)cc(c1C=O)C2. The van der Waals surface area contributed by atoms with Gasteiger partial charge in [0.2, 0.25) is 0 Å². The molecule has 50 heavy (non-hydrogen) atoms. The molecule has 4 nitrogen and oxygen atoms in total. The maximum Gasteiger partial charge on any atom is 0.150 e. The lowest BCUT2D eigenvalue weighted by Crippen LogP contribution is -2.17. The number of phenols is 2. The van der Waals surface area contributed by atoms with Crippen LogP contribution >= 0.6 is 0 Å². The topological polar surface area (TPSA) is 74.6 Å². The Kier molecular flexibility index (Phi) is 9.53. The average molecular weight is 673 g/mol. The summed E-state index contributed by atoms with van der Waals surface area (Å²) in [5.74, 6) is 0.392. The Morgan fingerprint density at radius 2 is 0.560 bits per heavy atom. The second-order valence-electron chi connectivity index (χ2n) is 18.6. The largest absolute Gasteiger partial charge is 0.507 e. The molecule has 0 aromatic heterocycles. The van der Waals surface area contributed by atoms with Gasteiger partial charge >= 0.3 is 0 Å². The molecule has 8 bridgehead atoms. The normalized spacial score (nSPS) is 14.0. The van der Waals surface area contributed by atoms with Crippen molar-refractivity contribution in [3.05, 3.63) is 126 Å². The first-order valence-corrected chi connectivity index (χ1v) is 17.9. The van der Waals surface area contributed by atoms with Crippen LogP contribution < -0.4 is 0 Å². The van der Waals surface area contributed by atoms with Gasteiger partial charge in [-0.1, -0.05) is 132 Å². The molecule has 1 aliphatic rings. The van der Waals surface area contributed by atoms with Gasteiger partial charge < -0.3 is 10.2 Å². The number of aldehydes is 2. The third-order valence-electron chi connectivity index (χ3n) is 10.5. The Balaban J connectivity index is 1.94. The molecule has 0 radical (unpaired) electrons. The van der Waals surface area contributed by atoms with E-state index in [4.69, 9.17) is 0 Å². The van der Waals surface area contributed by atoms with E-state index >= 15 is 0 Å². The van der Waals surface area contributed by atoms with Crippen LogP contribution in [0.2, 0.25) is 0 Å². The van der Waals surface area contributed by atoms with Crippen LogP contribution in [-0.2, 0) is 47.3 Å². The Labute approximate surface area is 300 Å². The van der Waals surface area contributed by atoms with Crippen molar-refractivity contribution in [2.24, 2.45) is 0 Å². The van der Waals surface area contributed by atoms with Gasteiger partial charge in [-0.3, -0.25) is 9.59 Å². The summed E-state index contributed by atoms with van der Waals surface area (Å²) >= 11 is 0. The molecule has 0 unspecified atom stereocenters. The number of phenolic OH excluding ortho intramolecular Hbond substituents is 2. The number of aromatic hydroxyl groups is 2. The van der Waals surface area contributed by atoms with Crippen molar-refractivity contribution in [2.45, 2.75) is 130 Å². The first kappa shape index (κ1) is 37.1. The lowest BCUT2D eigenvalue weighted by molar-refractivity contribution is 0.111. The number of fused-ring (bicyclic) bond motifs is 8. The van der Waals surface area contributed by atoms with E-state index < -0.39 is 0 Å². The summed E-state index contributed by atoms with van der Waals surface area (Å²) in [6.45, 7) is 26.0. The number of rotatable bonds is 2. The van der Waals surface area contributed by atoms with Crippen LogP contribution in [0.25, 0.3) is 0 Å². The van der Waals surface area contributed by atoms with Gasteiger partial charge in [0, 0.05) is 36.8 Å². The standard InChI is InChI=1S/C46H56O4/c1-43(2,3)35-17-27-13-31-21-37(45(7,8)9)23-33(41(31)49)15-29-19-36(44(4,5)6)20-30(40(29)26-48)16-34-24-38(46(10,11)12)22-32(42(34)50)14-28(18-35)39(27)25-47/h17-26,49-50H,13-16H2,1-12H3. The molecule has 0 spiro atoms. The van der Waals surface area contributed by atoms with Crippen LogP contribution in [0.4, 0.5) is 0 Å². The van der Waals surface area contributed by atoms with Crippen molar-refractivity contribution in [3.63, 3.8) is 0 Å². The monoisotopic (exact) mass is 672 g/mol. The number of benzene rings is 4. The molecule has 4 aromatic rings. The molecule has 0 heterocycles. The summed E-state index contributed by atoms with van der Waals surface area (Å²) in [7, 11) is 0. The molecule has 0 atom stereocenters. The number of hydrogen-bond acceptors (Lipinski definition) is 4. The fraction of sp³-hybridized carbons (Fsp3) is 0.435. The fourth-order valence-corrected chi connectivity index (χ4v) is 7.06. The zero-order chi connectivity index (χ0) is 37.1. The highest BCUT2D eigenvalue weighted by molar-refractivity contribution is 5.82. The third kappa shape index (κ3) is 7.45. The Morgan fingerprint density at radius 1 is 0.380 bits per heavy atom. The molecule has 1 aliphatic carbocycles. The first-order valence-electron chi connectivity index (χ1n) is 17.9. The minimum Gasteiger partial charge on any atom is -0.507 e. The van der Waals surface area contributed by atoms with E-state index in [1.54, 1.807) is 0 Å². The van der Waals surface area contributed by atoms with Crippen molar-refractivity contribution in [2.75, 3.05) is 0 Å². The van der Waals surface area contributed by atoms with Crippen molar-refractivity contribution in [1.82, 2.24) is 0 Å². The van der Waals surface area contributed by atoms with Crippen molar-refractivity contribution in [3.8, 4) is 11.5 Å². The Bertz CT molecular complexity index is 1740. The summed E-state index contributed by atoms with van der Waals surface area (Å²) in [4.78, 5) is 26.1. The molecule has 0 aliphatic heterocycles. The van der Waals surface area contributed by atoms with Crippen LogP contribution in [-0.4, -0.2) is 22.8 Å². The Morgan fingerprint density at radius 3 is 0.720 bits per heavy atom. The highest BCUT2D eigenvalue weighted by Crippen LogP contribution is 2.40.